The Hall–Kier alpha value is -2.37. The highest BCUT2D eigenvalue weighted by Crippen LogP contribution is 2.15. The molecule has 2 aromatic carbocycles. The molecule has 0 radical (unpaired) electrons. The number of hydrogen-bond donors (Lipinski definition) is 0. The number of carbonyl (C=O) groups is 1. The normalized spacial score (nSPS) is 14.8. The molecule has 0 unspecified atom stereocenters. The van der Waals surface area contributed by atoms with Crippen molar-refractivity contribution in [2.24, 2.45) is 0 Å². The lowest BCUT2D eigenvalue weighted by atomic mass is 10.1. The van der Waals surface area contributed by atoms with Gasteiger partial charge in [-0.15, -0.1) is 0 Å². The van der Waals surface area contributed by atoms with E-state index in [1.54, 1.807) is 7.11 Å². The summed E-state index contributed by atoms with van der Waals surface area (Å²) in [5.41, 5.74) is 1.82. The monoisotopic (exact) mass is 354 g/mol. The van der Waals surface area contributed by atoms with E-state index < -0.39 is 0 Å². The summed E-state index contributed by atoms with van der Waals surface area (Å²) in [6.07, 6.45) is 0. The molecule has 0 N–H and O–H groups in total. The number of benzene rings is 2. The first-order valence-electron chi connectivity index (χ1n) is 9.03. The van der Waals surface area contributed by atoms with Crippen molar-refractivity contribution in [3.05, 3.63) is 65.7 Å². The fraction of sp³-hybridized carbons (Fsp3) is 0.381. The Labute approximate surface area is 155 Å². The maximum absolute atomic E-state index is 13.1. The van der Waals surface area contributed by atoms with Crippen LogP contribution in [0.4, 0.5) is 0 Å². The third-order valence-corrected chi connectivity index (χ3v) is 4.63. The Kier molecular flexibility index (Phi) is 6.63. The van der Waals surface area contributed by atoms with Crippen LogP contribution < -0.4 is 4.74 Å². The van der Waals surface area contributed by atoms with Crippen LogP contribution in [0.1, 0.15) is 15.9 Å². The lowest BCUT2D eigenvalue weighted by molar-refractivity contribution is 0.0320. The Balaban J connectivity index is 1.70. The van der Waals surface area contributed by atoms with Crippen LogP contribution in [-0.4, -0.2) is 62.2 Å². The molecule has 5 nitrogen and oxygen atoms in total. The highest BCUT2D eigenvalue weighted by Gasteiger charge is 2.18. The van der Waals surface area contributed by atoms with E-state index in [0.717, 1.165) is 44.2 Å². The fourth-order valence-corrected chi connectivity index (χ4v) is 3.06. The Morgan fingerprint density at radius 1 is 1.08 bits per heavy atom. The van der Waals surface area contributed by atoms with Crippen molar-refractivity contribution in [1.29, 1.82) is 0 Å². The van der Waals surface area contributed by atoms with Gasteiger partial charge in [-0.3, -0.25) is 9.69 Å². The average molecular weight is 354 g/mol. The van der Waals surface area contributed by atoms with Gasteiger partial charge in [0.1, 0.15) is 5.75 Å². The minimum atomic E-state index is 0.0461. The van der Waals surface area contributed by atoms with Crippen molar-refractivity contribution < 1.29 is 14.3 Å². The molecule has 1 aliphatic heterocycles. The van der Waals surface area contributed by atoms with Gasteiger partial charge in [-0.05, 0) is 29.8 Å². The first-order valence-corrected chi connectivity index (χ1v) is 9.03. The summed E-state index contributed by atoms with van der Waals surface area (Å²) < 4.78 is 10.6. The van der Waals surface area contributed by atoms with Gasteiger partial charge in [0.05, 0.1) is 20.3 Å². The number of morpholine rings is 1. The maximum Gasteiger partial charge on any atom is 0.254 e. The van der Waals surface area contributed by atoms with Gasteiger partial charge in [0, 0.05) is 38.3 Å². The first-order chi connectivity index (χ1) is 12.8. The summed E-state index contributed by atoms with van der Waals surface area (Å²) in [5.74, 6) is 0.800. The molecule has 1 aliphatic rings. The van der Waals surface area contributed by atoms with Gasteiger partial charge in [0.15, 0.2) is 0 Å². The van der Waals surface area contributed by atoms with Crippen LogP contribution in [0, 0.1) is 0 Å². The van der Waals surface area contributed by atoms with E-state index >= 15 is 0 Å². The van der Waals surface area contributed by atoms with Crippen LogP contribution >= 0.6 is 0 Å². The second-order valence-corrected chi connectivity index (χ2v) is 6.39. The fourth-order valence-electron chi connectivity index (χ4n) is 3.06. The molecule has 138 valence electrons. The van der Waals surface area contributed by atoms with Gasteiger partial charge in [-0.25, -0.2) is 0 Å². The largest absolute Gasteiger partial charge is 0.497 e. The number of nitrogens with zero attached hydrogens (tertiary/aromatic N) is 2. The minimum Gasteiger partial charge on any atom is -0.497 e. The molecule has 3 rings (SSSR count). The van der Waals surface area contributed by atoms with Crippen molar-refractivity contribution >= 4 is 5.91 Å². The van der Waals surface area contributed by atoms with E-state index in [1.807, 2.05) is 47.4 Å². The molecule has 0 aromatic heterocycles. The molecular weight excluding hydrogens is 328 g/mol. The van der Waals surface area contributed by atoms with E-state index in [9.17, 15) is 4.79 Å². The number of carbonyl (C=O) groups excluding carboxylic acids is 1. The average Bonchev–Trinajstić information content (AvgIpc) is 2.72. The summed E-state index contributed by atoms with van der Waals surface area (Å²) in [6, 6.07) is 17.4. The summed E-state index contributed by atoms with van der Waals surface area (Å²) in [5, 5.41) is 0. The van der Waals surface area contributed by atoms with Gasteiger partial charge in [0.2, 0.25) is 0 Å². The molecule has 1 amide bonds. The molecule has 26 heavy (non-hydrogen) atoms. The second-order valence-electron chi connectivity index (χ2n) is 6.39. The van der Waals surface area contributed by atoms with Crippen molar-refractivity contribution in [2.75, 3.05) is 46.5 Å². The Bertz CT molecular complexity index is 682. The van der Waals surface area contributed by atoms with Gasteiger partial charge in [0.25, 0.3) is 5.91 Å². The van der Waals surface area contributed by atoms with Crippen LogP contribution in [0.5, 0.6) is 5.75 Å². The van der Waals surface area contributed by atoms with E-state index in [4.69, 9.17) is 9.47 Å². The minimum absolute atomic E-state index is 0.0461. The summed E-state index contributed by atoms with van der Waals surface area (Å²) in [4.78, 5) is 17.3. The standard InChI is InChI=1S/C21H26N2O3/c1-25-20-9-7-19(8-10-20)21(24)23(17-18-5-3-2-4-6-18)12-11-22-13-15-26-16-14-22/h2-10H,11-17H2,1H3. The lowest BCUT2D eigenvalue weighted by Crippen LogP contribution is -2.42. The second kappa shape index (κ2) is 9.36. The molecule has 1 fully saturated rings. The van der Waals surface area contributed by atoms with Crippen molar-refractivity contribution in [3.63, 3.8) is 0 Å². The van der Waals surface area contributed by atoms with Gasteiger partial charge < -0.3 is 14.4 Å². The van der Waals surface area contributed by atoms with Crippen molar-refractivity contribution in [1.82, 2.24) is 9.80 Å². The van der Waals surface area contributed by atoms with Crippen LogP contribution in [0.2, 0.25) is 0 Å². The number of methoxy groups -OCH3 is 1. The molecule has 1 saturated heterocycles. The number of hydrogen-bond acceptors (Lipinski definition) is 4. The third kappa shape index (κ3) is 5.07. The van der Waals surface area contributed by atoms with Gasteiger partial charge in [-0.2, -0.15) is 0 Å². The molecular formula is C21H26N2O3. The van der Waals surface area contributed by atoms with E-state index in [-0.39, 0.29) is 5.91 Å². The molecule has 0 spiro atoms. The summed E-state index contributed by atoms with van der Waals surface area (Å²) >= 11 is 0. The van der Waals surface area contributed by atoms with Crippen LogP contribution in [0.25, 0.3) is 0 Å². The topological polar surface area (TPSA) is 42.0 Å². The zero-order valence-corrected chi connectivity index (χ0v) is 15.3. The molecule has 5 heteroatoms. The van der Waals surface area contributed by atoms with Crippen LogP contribution in [0.3, 0.4) is 0 Å². The van der Waals surface area contributed by atoms with Crippen LogP contribution in [-0.2, 0) is 11.3 Å². The predicted octanol–water partition coefficient (Wildman–Crippen LogP) is 2.67. The summed E-state index contributed by atoms with van der Waals surface area (Å²) in [6.45, 7) is 5.55. The molecule has 2 aromatic rings. The molecule has 0 saturated carbocycles. The maximum atomic E-state index is 13.1. The SMILES string of the molecule is COc1ccc(C(=O)N(CCN2CCOCC2)Cc2ccccc2)cc1. The van der Waals surface area contributed by atoms with E-state index in [2.05, 4.69) is 17.0 Å². The van der Waals surface area contributed by atoms with Gasteiger partial charge in [-0.1, -0.05) is 30.3 Å². The van der Waals surface area contributed by atoms with Crippen LogP contribution in [0.15, 0.2) is 54.6 Å². The smallest absolute Gasteiger partial charge is 0.254 e. The third-order valence-electron chi connectivity index (χ3n) is 4.63. The lowest BCUT2D eigenvalue weighted by Gasteiger charge is -2.30. The highest BCUT2D eigenvalue weighted by molar-refractivity contribution is 5.94. The first kappa shape index (κ1) is 18.4. The molecule has 0 bridgehead atoms. The predicted molar refractivity (Wildman–Crippen MR) is 101 cm³/mol. The molecule has 0 atom stereocenters. The van der Waals surface area contributed by atoms with Crippen molar-refractivity contribution in [3.8, 4) is 5.75 Å². The van der Waals surface area contributed by atoms with E-state index in [0.29, 0.717) is 18.7 Å². The van der Waals surface area contributed by atoms with Gasteiger partial charge >= 0.3 is 0 Å². The zero-order valence-electron chi connectivity index (χ0n) is 15.3. The Morgan fingerprint density at radius 3 is 2.42 bits per heavy atom. The quantitative estimate of drug-likeness (QED) is 0.767. The highest BCUT2D eigenvalue weighted by atomic mass is 16.5. The zero-order chi connectivity index (χ0) is 18.2. The van der Waals surface area contributed by atoms with Crippen molar-refractivity contribution in [2.45, 2.75) is 6.54 Å². The number of amides is 1. The Morgan fingerprint density at radius 2 is 1.77 bits per heavy atom. The van der Waals surface area contributed by atoms with E-state index in [1.165, 1.54) is 0 Å². The molecule has 1 heterocycles. The molecule has 0 aliphatic carbocycles. The number of ether oxygens (including phenoxy) is 2. The summed E-state index contributed by atoms with van der Waals surface area (Å²) in [7, 11) is 1.63. The number of rotatable bonds is 7.